The number of esters is 1. The van der Waals surface area contributed by atoms with E-state index in [0.717, 1.165) is 57.8 Å². The van der Waals surface area contributed by atoms with Crippen LogP contribution >= 0.6 is 7.82 Å². The summed E-state index contributed by atoms with van der Waals surface area (Å²) in [6.45, 7) is 3.60. The van der Waals surface area contributed by atoms with E-state index in [-0.39, 0.29) is 72.1 Å². The number of carbonyl (C=O) groups excluding carboxylic acids is 2. The van der Waals surface area contributed by atoms with Crippen LogP contribution in [0.3, 0.4) is 0 Å². The predicted molar refractivity (Wildman–Crippen MR) is 137 cm³/mol. The van der Waals surface area contributed by atoms with E-state index >= 15 is 0 Å². The first kappa shape index (κ1) is 43.5. The SMILES string of the molecule is CCCCCCCCCCCCCC(=O)O[C@@H](CNCCCCCCCCOC=O)COP(=O)([O-])[O-].[Na+].[Na+]. The second-order valence-corrected chi connectivity index (χ2v) is 10.6. The van der Waals surface area contributed by atoms with Gasteiger partial charge in [-0.2, -0.15) is 0 Å². The van der Waals surface area contributed by atoms with Crippen molar-refractivity contribution in [1.29, 1.82) is 0 Å². The average Bonchev–Trinajstić information content (AvgIpc) is 2.83. The van der Waals surface area contributed by atoms with Gasteiger partial charge in [-0.1, -0.05) is 96.8 Å². The molecule has 0 spiro atoms. The van der Waals surface area contributed by atoms with Crippen LogP contribution in [0.2, 0.25) is 0 Å². The number of phosphoric ester groups is 1. The van der Waals surface area contributed by atoms with Crippen molar-refractivity contribution in [3.8, 4) is 0 Å². The summed E-state index contributed by atoms with van der Waals surface area (Å²) in [4.78, 5) is 43.9. The normalized spacial score (nSPS) is 11.8. The Hall–Kier alpha value is 1.01. The number of unbranched alkanes of at least 4 members (excludes halogenated alkanes) is 15. The van der Waals surface area contributed by atoms with Crippen molar-refractivity contribution in [3.05, 3.63) is 0 Å². The van der Waals surface area contributed by atoms with Crippen molar-refractivity contribution in [2.24, 2.45) is 0 Å². The third kappa shape index (κ3) is 35.0. The van der Waals surface area contributed by atoms with Gasteiger partial charge in [-0.05, 0) is 25.8 Å². The van der Waals surface area contributed by atoms with E-state index in [2.05, 4.69) is 21.5 Å². The molecule has 0 aromatic carbocycles. The van der Waals surface area contributed by atoms with Crippen LogP contribution in [0.15, 0.2) is 0 Å². The van der Waals surface area contributed by atoms with Crippen LogP contribution in [0.25, 0.3) is 0 Å². The average molecular weight is 582 g/mol. The van der Waals surface area contributed by atoms with E-state index in [1.807, 2.05) is 0 Å². The van der Waals surface area contributed by atoms with Crippen molar-refractivity contribution in [2.75, 3.05) is 26.3 Å². The topological polar surface area (TPSA) is 137 Å². The molecule has 1 N–H and O–H groups in total. The van der Waals surface area contributed by atoms with Gasteiger partial charge in [-0.25, -0.2) is 0 Å². The van der Waals surface area contributed by atoms with Gasteiger partial charge in [-0.15, -0.1) is 0 Å². The molecule has 0 saturated heterocycles. The third-order valence-electron chi connectivity index (χ3n) is 6.01. The van der Waals surface area contributed by atoms with Gasteiger partial charge < -0.3 is 33.7 Å². The van der Waals surface area contributed by atoms with E-state index in [1.54, 1.807) is 0 Å². The van der Waals surface area contributed by atoms with E-state index in [1.165, 1.54) is 51.4 Å². The first-order valence-electron chi connectivity index (χ1n) is 14.0. The number of hydrogen-bond donors (Lipinski definition) is 1. The first-order valence-corrected chi connectivity index (χ1v) is 15.5. The molecule has 0 fully saturated rings. The maximum atomic E-state index is 12.2. The van der Waals surface area contributed by atoms with Crippen LogP contribution in [-0.4, -0.2) is 44.8 Å². The molecule has 214 valence electrons. The summed E-state index contributed by atoms with van der Waals surface area (Å²) in [5.41, 5.74) is 0. The number of hydrogen-bond acceptors (Lipinski definition) is 9. The molecule has 0 heterocycles. The monoisotopic (exact) mass is 581 g/mol. The molecule has 0 aliphatic carbocycles. The molecule has 0 rings (SSSR count). The molecule has 38 heavy (non-hydrogen) atoms. The van der Waals surface area contributed by atoms with E-state index in [0.29, 0.717) is 19.6 Å². The Bertz CT molecular complexity index is 569. The van der Waals surface area contributed by atoms with Gasteiger partial charge in [0.25, 0.3) is 6.47 Å². The van der Waals surface area contributed by atoms with Gasteiger partial charge >= 0.3 is 65.1 Å². The summed E-state index contributed by atoms with van der Waals surface area (Å²) >= 11 is 0. The Kier molecular flexibility index (Phi) is 37.2. The first-order chi connectivity index (χ1) is 17.4. The zero-order valence-corrected chi connectivity index (χ0v) is 29.3. The second kappa shape index (κ2) is 32.5. The predicted octanol–water partition coefficient (Wildman–Crippen LogP) is -1.44. The molecule has 0 aromatic heterocycles. The smallest absolute Gasteiger partial charge is 0.790 e. The van der Waals surface area contributed by atoms with E-state index in [4.69, 9.17) is 4.74 Å². The summed E-state index contributed by atoms with van der Waals surface area (Å²) in [6, 6.07) is 0. The third-order valence-corrected chi connectivity index (χ3v) is 6.47. The Morgan fingerprint density at radius 3 is 1.84 bits per heavy atom. The minimum atomic E-state index is -5.13. The van der Waals surface area contributed by atoms with Crippen molar-refractivity contribution in [3.63, 3.8) is 0 Å². The molecule has 9 nitrogen and oxygen atoms in total. The molecule has 0 amide bonds. The number of nitrogens with one attached hydrogen (secondary N) is 1. The Balaban J connectivity index is -0.00000612. The Morgan fingerprint density at radius 2 is 1.32 bits per heavy atom. The minimum Gasteiger partial charge on any atom is -0.790 e. The van der Waals surface area contributed by atoms with Crippen LogP contribution in [0, 0.1) is 0 Å². The molecule has 12 heteroatoms. The molecule has 0 aromatic rings. The molecular weight excluding hydrogens is 531 g/mol. The van der Waals surface area contributed by atoms with Crippen molar-refractivity contribution < 1.29 is 97.1 Å². The molecular formula is C26H50NNa2O8P. The maximum Gasteiger partial charge on any atom is 1.00 e. The van der Waals surface area contributed by atoms with Crippen molar-refractivity contribution in [2.45, 2.75) is 129 Å². The molecule has 0 radical (unpaired) electrons. The van der Waals surface area contributed by atoms with Gasteiger partial charge in [0.2, 0.25) is 0 Å². The van der Waals surface area contributed by atoms with E-state index in [9.17, 15) is 23.9 Å². The molecule has 0 aliphatic rings. The molecule has 0 saturated carbocycles. The molecule has 0 unspecified atom stereocenters. The summed E-state index contributed by atoms with van der Waals surface area (Å²) in [5, 5.41) is 3.15. The fourth-order valence-electron chi connectivity index (χ4n) is 3.94. The standard InChI is InChI=1S/C26H52NO8P.2Na/c1-2-3-4-5-6-7-8-9-10-13-16-19-26(29)35-25(23-34-36(30,31)32)22-27-20-17-14-11-12-15-18-21-33-24-28;;/h24-25,27H,2-23H2,1H3,(H2,30,31,32);;/q;2*+1/p-2/t25-;;/m0../s1. The number of ether oxygens (including phenoxy) is 2. The zero-order valence-electron chi connectivity index (χ0n) is 24.4. The quantitative estimate of drug-likeness (QED) is 0.0387. The fourth-order valence-corrected chi connectivity index (χ4v) is 4.29. The van der Waals surface area contributed by atoms with Gasteiger partial charge in [0.05, 0.1) is 21.0 Å². The van der Waals surface area contributed by atoms with Crippen LogP contribution < -0.4 is 74.2 Å². The summed E-state index contributed by atoms with van der Waals surface area (Å²) in [5.74, 6) is -0.397. The number of phosphoric acid groups is 1. The molecule has 1 atom stereocenters. The summed E-state index contributed by atoms with van der Waals surface area (Å²) < 4.78 is 25.2. The maximum absolute atomic E-state index is 12.2. The summed E-state index contributed by atoms with van der Waals surface area (Å²) in [6.07, 6.45) is 18.5. The Labute approximate surface area is 275 Å². The van der Waals surface area contributed by atoms with Gasteiger partial charge in [0.15, 0.2) is 0 Å². The van der Waals surface area contributed by atoms with Crippen LogP contribution in [0.5, 0.6) is 0 Å². The van der Waals surface area contributed by atoms with Gasteiger partial charge in [-0.3, -0.25) is 9.59 Å². The second-order valence-electron chi connectivity index (χ2n) is 9.43. The van der Waals surface area contributed by atoms with E-state index < -0.39 is 26.5 Å². The zero-order chi connectivity index (χ0) is 26.7. The van der Waals surface area contributed by atoms with Crippen LogP contribution in [0.1, 0.15) is 122 Å². The van der Waals surface area contributed by atoms with Crippen LogP contribution in [-0.2, 0) is 28.2 Å². The number of rotatable bonds is 28. The van der Waals surface area contributed by atoms with Crippen LogP contribution in [0.4, 0.5) is 0 Å². The summed E-state index contributed by atoms with van der Waals surface area (Å²) in [7, 11) is -5.13. The van der Waals surface area contributed by atoms with Gasteiger partial charge in [0, 0.05) is 13.0 Å². The Morgan fingerprint density at radius 1 is 0.816 bits per heavy atom. The van der Waals surface area contributed by atoms with Gasteiger partial charge in [0.1, 0.15) is 6.10 Å². The fraction of sp³-hybridized carbons (Fsp3) is 0.923. The number of carbonyl (C=O) groups is 2. The van der Waals surface area contributed by atoms with Crippen molar-refractivity contribution in [1.82, 2.24) is 5.32 Å². The molecule has 0 bridgehead atoms. The largest absolute Gasteiger partial charge is 1.00 e. The van der Waals surface area contributed by atoms with Crippen molar-refractivity contribution >= 4 is 20.3 Å². The molecule has 0 aliphatic heterocycles. The minimum absolute atomic E-state index is 0.